The van der Waals surface area contributed by atoms with E-state index < -0.39 is 0 Å². The van der Waals surface area contributed by atoms with E-state index in [0.717, 1.165) is 5.56 Å². The predicted molar refractivity (Wildman–Crippen MR) is 64.7 cm³/mol. The Labute approximate surface area is 97.9 Å². The highest BCUT2D eigenvalue weighted by molar-refractivity contribution is 9.10. The first kappa shape index (κ1) is 12.0. The second-order valence-corrected chi connectivity index (χ2v) is 4.68. The maximum Gasteiger partial charge on any atom is 0.237 e. The number of nitrogens with one attached hydrogen (secondary N) is 1. The van der Waals surface area contributed by atoms with E-state index in [1.165, 1.54) is 0 Å². The molecule has 0 heterocycles. The van der Waals surface area contributed by atoms with Gasteiger partial charge in [-0.15, -0.1) is 0 Å². The van der Waals surface area contributed by atoms with Crippen LogP contribution >= 0.6 is 15.9 Å². The van der Waals surface area contributed by atoms with Crippen LogP contribution in [0.25, 0.3) is 0 Å². The molecule has 1 unspecified atom stereocenters. The van der Waals surface area contributed by atoms with Gasteiger partial charge in [0.05, 0.1) is 17.6 Å². The van der Waals surface area contributed by atoms with Gasteiger partial charge in [-0.2, -0.15) is 0 Å². The Hall–Kier alpha value is -1.03. The molecule has 0 saturated heterocycles. The Bertz CT molecular complexity index is 364. The highest BCUT2D eigenvalue weighted by atomic mass is 79.9. The predicted octanol–water partition coefficient (Wildman–Crippen LogP) is 2.73. The average molecular weight is 272 g/mol. The molecule has 1 atom stereocenters. The van der Waals surface area contributed by atoms with Crippen molar-refractivity contribution >= 4 is 27.5 Å². The van der Waals surface area contributed by atoms with Gasteiger partial charge in [-0.25, -0.2) is 0 Å². The summed E-state index contributed by atoms with van der Waals surface area (Å²) in [6, 6.07) is 5.65. The van der Waals surface area contributed by atoms with Crippen LogP contribution < -0.4 is 10.1 Å². The molecule has 0 saturated carbocycles. The van der Waals surface area contributed by atoms with E-state index in [4.69, 9.17) is 4.74 Å². The molecule has 0 bridgehead atoms. The van der Waals surface area contributed by atoms with Gasteiger partial charge in [-0.1, -0.05) is 22.0 Å². The number of anilines is 1. The number of carbonyl (C=O) groups excluding carboxylic acids is 1. The molecule has 1 aromatic carbocycles. The van der Waals surface area contributed by atoms with Crippen LogP contribution in [0.3, 0.4) is 0 Å². The lowest BCUT2D eigenvalue weighted by Crippen LogP contribution is -2.20. The van der Waals surface area contributed by atoms with E-state index in [-0.39, 0.29) is 10.7 Å². The zero-order chi connectivity index (χ0) is 11.4. The number of ether oxygens (including phenoxy) is 1. The van der Waals surface area contributed by atoms with Gasteiger partial charge in [0.2, 0.25) is 5.91 Å². The van der Waals surface area contributed by atoms with Crippen LogP contribution in [0.2, 0.25) is 0 Å². The van der Waals surface area contributed by atoms with Crippen LogP contribution in [0, 0.1) is 6.92 Å². The van der Waals surface area contributed by atoms with Crippen LogP contribution in [0.5, 0.6) is 5.75 Å². The number of hydrogen-bond acceptors (Lipinski definition) is 2. The van der Waals surface area contributed by atoms with Gasteiger partial charge in [-0.3, -0.25) is 4.79 Å². The number of methoxy groups -OCH3 is 1. The summed E-state index contributed by atoms with van der Waals surface area (Å²) >= 11 is 3.21. The lowest BCUT2D eigenvalue weighted by Gasteiger charge is -2.11. The normalized spacial score (nSPS) is 12.0. The molecular weight excluding hydrogens is 258 g/mol. The number of aryl methyl sites for hydroxylation is 1. The van der Waals surface area contributed by atoms with Crippen LogP contribution in [0.15, 0.2) is 18.2 Å². The van der Waals surface area contributed by atoms with Crippen molar-refractivity contribution in [1.29, 1.82) is 0 Å². The number of hydrogen-bond donors (Lipinski definition) is 1. The van der Waals surface area contributed by atoms with Crippen molar-refractivity contribution in [3.8, 4) is 5.75 Å². The van der Waals surface area contributed by atoms with Crippen molar-refractivity contribution in [3.05, 3.63) is 23.8 Å². The van der Waals surface area contributed by atoms with Crippen LogP contribution in [0.4, 0.5) is 5.69 Å². The molecular formula is C11H14BrNO2. The fourth-order valence-corrected chi connectivity index (χ4v) is 1.27. The highest BCUT2D eigenvalue weighted by Gasteiger charge is 2.11. The number of alkyl halides is 1. The Balaban J connectivity index is 2.92. The van der Waals surface area contributed by atoms with E-state index in [2.05, 4.69) is 21.2 Å². The molecule has 0 aliphatic carbocycles. The third-order valence-corrected chi connectivity index (χ3v) is 2.39. The van der Waals surface area contributed by atoms with Gasteiger partial charge in [-0.05, 0) is 31.5 Å². The minimum absolute atomic E-state index is 0.0844. The molecule has 0 aromatic heterocycles. The number of carbonyl (C=O) groups is 1. The number of benzene rings is 1. The molecule has 0 aliphatic rings. The fourth-order valence-electron chi connectivity index (χ4n) is 1.15. The highest BCUT2D eigenvalue weighted by Crippen LogP contribution is 2.25. The molecule has 0 fully saturated rings. The Kier molecular flexibility index (Phi) is 4.15. The number of rotatable bonds is 3. The molecule has 1 amide bonds. The van der Waals surface area contributed by atoms with Crippen LogP contribution in [0.1, 0.15) is 12.5 Å². The van der Waals surface area contributed by atoms with Crippen molar-refractivity contribution in [2.24, 2.45) is 0 Å². The summed E-state index contributed by atoms with van der Waals surface area (Å²) in [5, 5.41) is 2.79. The topological polar surface area (TPSA) is 38.3 Å². The van der Waals surface area contributed by atoms with Gasteiger partial charge in [0.15, 0.2) is 0 Å². The van der Waals surface area contributed by atoms with Gasteiger partial charge >= 0.3 is 0 Å². The number of amides is 1. The molecule has 0 aliphatic heterocycles. The minimum atomic E-state index is -0.220. The quantitative estimate of drug-likeness (QED) is 0.859. The first-order chi connectivity index (χ1) is 7.04. The fraction of sp³-hybridized carbons (Fsp3) is 0.364. The second kappa shape index (κ2) is 5.16. The van der Waals surface area contributed by atoms with Gasteiger partial charge in [0.1, 0.15) is 5.75 Å². The van der Waals surface area contributed by atoms with E-state index >= 15 is 0 Å². The van der Waals surface area contributed by atoms with Gasteiger partial charge in [0.25, 0.3) is 0 Å². The summed E-state index contributed by atoms with van der Waals surface area (Å²) in [6.07, 6.45) is 0. The first-order valence-corrected chi connectivity index (χ1v) is 5.55. The van der Waals surface area contributed by atoms with Gasteiger partial charge in [0, 0.05) is 0 Å². The van der Waals surface area contributed by atoms with E-state index in [1.54, 1.807) is 14.0 Å². The molecule has 0 spiro atoms. The molecule has 15 heavy (non-hydrogen) atoms. The molecule has 1 N–H and O–H groups in total. The third kappa shape index (κ3) is 3.23. The summed E-state index contributed by atoms with van der Waals surface area (Å²) < 4.78 is 5.15. The summed E-state index contributed by atoms with van der Waals surface area (Å²) in [5.74, 6) is 0.584. The van der Waals surface area contributed by atoms with Crippen molar-refractivity contribution in [2.75, 3.05) is 12.4 Å². The summed E-state index contributed by atoms with van der Waals surface area (Å²) in [4.78, 5) is 11.3. The third-order valence-electron chi connectivity index (χ3n) is 1.97. The Morgan fingerprint density at radius 2 is 2.20 bits per heavy atom. The van der Waals surface area contributed by atoms with Crippen molar-refractivity contribution in [1.82, 2.24) is 0 Å². The Morgan fingerprint density at radius 3 is 2.73 bits per heavy atom. The number of halogens is 1. The first-order valence-electron chi connectivity index (χ1n) is 4.64. The molecule has 82 valence electrons. The largest absolute Gasteiger partial charge is 0.495 e. The lowest BCUT2D eigenvalue weighted by atomic mass is 10.2. The molecule has 4 heteroatoms. The molecule has 3 nitrogen and oxygen atoms in total. The van der Waals surface area contributed by atoms with Crippen LogP contribution in [-0.4, -0.2) is 17.8 Å². The van der Waals surface area contributed by atoms with Crippen LogP contribution in [-0.2, 0) is 4.79 Å². The SMILES string of the molecule is COc1ccc(C)cc1NC(=O)C(C)Br. The summed E-state index contributed by atoms with van der Waals surface area (Å²) in [7, 11) is 1.58. The standard InChI is InChI=1S/C11H14BrNO2/c1-7-4-5-10(15-3)9(6-7)13-11(14)8(2)12/h4-6,8H,1-3H3,(H,13,14). The van der Waals surface area contributed by atoms with Crippen molar-refractivity contribution in [2.45, 2.75) is 18.7 Å². The average Bonchev–Trinajstić information content (AvgIpc) is 2.18. The molecule has 0 radical (unpaired) electrons. The monoisotopic (exact) mass is 271 g/mol. The summed E-state index contributed by atoms with van der Waals surface area (Å²) in [5.41, 5.74) is 1.78. The molecule has 1 rings (SSSR count). The second-order valence-electron chi connectivity index (χ2n) is 3.31. The lowest BCUT2D eigenvalue weighted by molar-refractivity contribution is -0.115. The smallest absolute Gasteiger partial charge is 0.237 e. The minimum Gasteiger partial charge on any atom is -0.495 e. The van der Waals surface area contributed by atoms with E-state index in [9.17, 15) is 4.79 Å². The molecule has 1 aromatic rings. The maximum absolute atomic E-state index is 11.5. The van der Waals surface area contributed by atoms with E-state index in [1.807, 2.05) is 25.1 Å². The maximum atomic E-state index is 11.5. The van der Waals surface area contributed by atoms with Gasteiger partial charge < -0.3 is 10.1 Å². The van der Waals surface area contributed by atoms with Crippen molar-refractivity contribution in [3.63, 3.8) is 0 Å². The van der Waals surface area contributed by atoms with E-state index in [0.29, 0.717) is 11.4 Å². The zero-order valence-electron chi connectivity index (χ0n) is 9.00. The zero-order valence-corrected chi connectivity index (χ0v) is 10.6. The Morgan fingerprint density at radius 1 is 1.53 bits per heavy atom. The summed E-state index contributed by atoms with van der Waals surface area (Å²) in [6.45, 7) is 3.74. The van der Waals surface area contributed by atoms with Crippen molar-refractivity contribution < 1.29 is 9.53 Å².